The number of aromatic nitrogens is 1. The van der Waals surface area contributed by atoms with Crippen LogP contribution in [-0.2, 0) is 13.6 Å². The number of nitrogens with one attached hydrogen (secondary N) is 2. The molecule has 0 radical (unpaired) electrons. The third kappa shape index (κ3) is 4.11. The predicted octanol–water partition coefficient (Wildman–Crippen LogP) is 2.50. The van der Waals surface area contributed by atoms with Crippen molar-refractivity contribution in [3.05, 3.63) is 45.9 Å². The molecule has 2 N–H and O–H groups in total. The summed E-state index contributed by atoms with van der Waals surface area (Å²) in [6.45, 7) is 3.17. The smallest absolute Gasteiger partial charge is 0.315 e. The van der Waals surface area contributed by atoms with E-state index >= 15 is 0 Å². The van der Waals surface area contributed by atoms with E-state index in [0.717, 1.165) is 5.69 Å². The molecule has 6 heteroatoms. The summed E-state index contributed by atoms with van der Waals surface area (Å²) in [6.07, 6.45) is 0. The zero-order chi connectivity index (χ0) is 16.1. The Morgan fingerprint density at radius 2 is 2.09 bits per heavy atom. The molecule has 0 aliphatic carbocycles. The molecule has 0 unspecified atom stereocenters. The van der Waals surface area contributed by atoms with E-state index in [9.17, 15) is 4.79 Å². The minimum atomic E-state index is -0.137. The third-order valence-electron chi connectivity index (χ3n) is 3.86. The third-order valence-corrected chi connectivity index (χ3v) is 4.83. The molecule has 2 rings (SSSR count). The summed E-state index contributed by atoms with van der Waals surface area (Å²) in [6, 6.07) is 8.28. The second-order valence-corrected chi connectivity index (χ2v) is 6.56. The zero-order valence-electron chi connectivity index (χ0n) is 13.6. The molecular formula is C16H24N4OS. The van der Waals surface area contributed by atoms with Crippen LogP contribution >= 0.6 is 11.3 Å². The van der Waals surface area contributed by atoms with Crippen molar-refractivity contribution in [3.63, 3.8) is 0 Å². The summed E-state index contributed by atoms with van der Waals surface area (Å²) in [7, 11) is 6.05. The molecule has 2 amide bonds. The molecular weight excluding hydrogens is 296 g/mol. The molecule has 2 aromatic heterocycles. The highest BCUT2D eigenvalue weighted by Gasteiger charge is 2.16. The quantitative estimate of drug-likeness (QED) is 0.859. The topological polar surface area (TPSA) is 49.3 Å². The molecule has 2 heterocycles. The van der Waals surface area contributed by atoms with Crippen LogP contribution in [0.2, 0.25) is 0 Å². The van der Waals surface area contributed by atoms with Gasteiger partial charge in [-0.1, -0.05) is 6.07 Å². The van der Waals surface area contributed by atoms with Crippen molar-refractivity contribution in [3.8, 4) is 0 Å². The van der Waals surface area contributed by atoms with E-state index in [1.165, 1.54) is 10.6 Å². The van der Waals surface area contributed by atoms with Crippen LogP contribution in [-0.4, -0.2) is 36.1 Å². The molecule has 0 aliphatic heterocycles. The fraction of sp³-hybridized carbons (Fsp3) is 0.438. The normalized spacial score (nSPS) is 12.4. The highest BCUT2D eigenvalue weighted by atomic mass is 32.1. The maximum Gasteiger partial charge on any atom is 0.315 e. The first-order chi connectivity index (χ1) is 10.5. The summed E-state index contributed by atoms with van der Waals surface area (Å²) >= 11 is 1.71. The van der Waals surface area contributed by atoms with Gasteiger partial charge >= 0.3 is 6.03 Å². The first-order valence-electron chi connectivity index (χ1n) is 7.31. The molecule has 0 saturated heterocycles. The Labute approximate surface area is 135 Å². The molecule has 0 aliphatic rings. The van der Waals surface area contributed by atoms with Gasteiger partial charge in [-0.2, -0.15) is 0 Å². The molecule has 1 atom stereocenters. The van der Waals surface area contributed by atoms with Crippen LogP contribution in [0.15, 0.2) is 29.6 Å². The lowest BCUT2D eigenvalue weighted by Gasteiger charge is -2.23. The van der Waals surface area contributed by atoms with Crippen molar-refractivity contribution in [2.45, 2.75) is 19.5 Å². The van der Waals surface area contributed by atoms with E-state index in [4.69, 9.17) is 0 Å². The molecule has 0 aromatic carbocycles. The van der Waals surface area contributed by atoms with Gasteiger partial charge in [-0.05, 0) is 44.6 Å². The number of hydrogen-bond acceptors (Lipinski definition) is 3. The van der Waals surface area contributed by atoms with Crippen molar-refractivity contribution in [2.75, 3.05) is 20.6 Å². The second kappa shape index (κ2) is 7.47. The number of aryl methyl sites for hydroxylation is 1. The van der Waals surface area contributed by atoms with Gasteiger partial charge in [0.05, 0.1) is 12.6 Å². The van der Waals surface area contributed by atoms with Crippen molar-refractivity contribution >= 4 is 17.4 Å². The van der Waals surface area contributed by atoms with Gasteiger partial charge in [0.2, 0.25) is 0 Å². The lowest BCUT2D eigenvalue weighted by molar-refractivity contribution is 0.232. The number of urea groups is 1. The second-order valence-electron chi connectivity index (χ2n) is 5.58. The first-order valence-corrected chi connectivity index (χ1v) is 8.19. The standard InChI is InChI=1S/C16H24N4OS/c1-12-7-8-13(20(12)4)10-17-16(21)18-11-14(19(2)3)15-6-5-9-22-15/h5-9,14H,10-11H2,1-4H3,(H2,17,18,21)/t14-/m0/s1. The number of rotatable bonds is 6. The zero-order valence-corrected chi connectivity index (χ0v) is 14.4. The van der Waals surface area contributed by atoms with Crippen LogP contribution in [0, 0.1) is 6.92 Å². The first kappa shape index (κ1) is 16.6. The average molecular weight is 320 g/mol. The van der Waals surface area contributed by atoms with Gasteiger partial charge in [0.1, 0.15) is 0 Å². The number of hydrogen-bond donors (Lipinski definition) is 2. The number of amides is 2. The molecule has 120 valence electrons. The van der Waals surface area contributed by atoms with Gasteiger partial charge in [-0.25, -0.2) is 4.79 Å². The lowest BCUT2D eigenvalue weighted by Crippen LogP contribution is -2.40. The molecule has 0 fully saturated rings. The van der Waals surface area contributed by atoms with Gasteiger partial charge in [0.15, 0.2) is 0 Å². The largest absolute Gasteiger partial charge is 0.350 e. The lowest BCUT2D eigenvalue weighted by atomic mass is 10.2. The number of carbonyl (C=O) groups excluding carboxylic acids is 1. The van der Waals surface area contributed by atoms with Crippen molar-refractivity contribution in [2.24, 2.45) is 7.05 Å². The Kier molecular flexibility index (Phi) is 5.63. The van der Waals surface area contributed by atoms with Gasteiger partial charge < -0.3 is 20.1 Å². The average Bonchev–Trinajstić information content (AvgIpc) is 3.09. The summed E-state index contributed by atoms with van der Waals surface area (Å²) in [5.74, 6) is 0. The molecule has 2 aromatic rings. The van der Waals surface area contributed by atoms with Crippen molar-refractivity contribution in [1.82, 2.24) is 20.1 Å². The van der Waals surface area contributed by atoms with Crippen molar-refractivity contribution < 1.29 is 4.79 Å². The predicted molar refractivity (Wildman–Crippen MR) is 91.1 cm³/mol. The number of nitrogens with zero attached hydrogens (tertiary/aromatic N) is 2. The maximum absolute atomic E-state index is 12.0. The van der Waals surface area contributed by atoms with Crippen LogP contribution in [0.4, 0.5) is 4.79 Å². The van der Waals surface area contributed by atoms with Crippen LogP contribution in [0.25, 0.3) is 0 Å². The number of thiophene rings is 1. The molecule has 5 nitrogen and oxygen atoms in total. The minimum Gasteiger partial charge on any atom is -0.350 e. The SMILES string of the molecule is Cc1ccc(CNC(=O)NC[C@@H](c2cccs2)N(C)C)n1C. The summed E-state index contributed by atoms with van der Waals surface area (Å²) in [5.41, 5.74) is 2.28. The van der Waals surface area contributed by atoms with E-state index < -0.39 is 0 Å². The Hall–Kier alpha value is -1.79. The van der Waals surface area contributed by atoms with Gasteiger partial charge in [0, 0.05) is 29.9 Å². The van der Waals surface area contributed by atoms with E-state index in [1.54, 1.807) is 11.3 Å². The van der Waals surface area contributed by atoms with E-state index in [2.05, 4.69) is 31.5 Å². The van der Waals surface area contributed by atoms with E-state index in [0.29, 0.717) is 13.1 Å². The number of carbonyl (C=O) groups is 1. The minimum absolute atomic E-state index is 0.137. The van der Waals surface area contributed by atoms with Crippen LogP contribution in [0.5, 0.6) is 0 Å². The fourth-order valence-corrected chi connectivity index (χ4v) is 3.21. The van der Waals surface area contributed by atoms with E-state index in [1.807, 2.05) is 46.3 Å². The fourth-order valence-electron chi connectivity index (χ4n) is 2.29. The Bertz CT molecular complexity index is 604. The van der Waals surface area contributed by atoms with Gasteiger partial charge in [-0.15, -0.1) is 11.3 Å². The van der Waals surface area contributed by atoms with Gasteiger partial charge in [-0.3, -0.25) is 0 Å². The van der Waals surface area contributed by atoms with Gasteiger partial charge in [0.25, 0.3) is 0 Å². The maximum atomic E-state index is 12.0. The summed E-state index contributed by atoms with van der Waals surface area (Å²) in [4.78, 5) is 15.4. The van der Waals surface area contributed by atoms with E-state index in [-0.39, 0.29) is 12.1 Å². The number of likely N-dealkylation sites (N-methyl/N-ethyl adjacent to an activating group) is 1. The summed E-state index contributed by atoms with van der Waals surface area (Å²) in [5, 5.41) is 7.92. The monoisotopic (exact) mass is 320 g/mol. The Morgan fingerprint density at radius 1 is 1.32 bits per heavy atom. The molecule has 0 bridgehead atoms. The molecule has 22 heavy (non-hydrogen) atoms. The van der Waals surface area contributed by atoms with Crippen LogP contribution in [0.1, 0.15) is 22.3 Å². The molecule has 0 spiro atoms. The van der Waals surface area contributed by atoms with Crippen molar-refractivity contribution in [1.29, 1.82) is 0 Å². The molecule has 0 saturated carbocycles. The Morgan fingerprint density at radius 3 is 2.64 bits per heavy atom. The highest BCUT2D eigenvalue weighted by Crippen LogP contribution is 2.22. The van der Waals surface area contributed by atoms with Crippen LogP contribution < -0.4 is 10.6 Å². The summed E-state index contributed by atoms with van der Waals surface area (Å²) < 4.78 is 2.08. The Balaban J connectivity index is 1.83. The highest BCUT2D eigenvalue weighted by molar-refractivity contribution is 7.10. The van der Waals surface area contributed by atoms with Crippen LogP contribution in [0.3, 0.4) is 0 Å².